The van der Waals surface area contributed by atoms with Gasteiger partial charge < -0.3 is 20.1 Å². The van der Waals surface area contributed by atoms with Gasteiger partial charge in [-0.25, -0.2) is 9.79 Å². The SMILES string of the molecule is Cc1sc2c(c1C)C(c1ccc(Cl)cc1)=NC(OC(=O)NCCCCCCNC(=O)COc1cccc3c1C(=O)N(C1CCC(=O)NC1=O)C3=O)c1nnc(C)n1-2. The van der Waals surface area contributed by atoms with Crippen LogP contribution in [0.2, 0.25) is 5.02 Å². The van der Waals surface area contributed by atoms with Gasteiger partial charge in [0.05, 0.1) is 16.8 Å². The number of halogens is 1. The molecule has 18 heteroatoms. The van der Waals surface area contributed by atoms with Crippen LogP contribution in [0.25, 0.3) is 5.00 Å². The van der Waals surface area contributed by atoms with Crippen molar-refractivity contribution in [3.63, 3.8) is 0 Å². The van der Waals surface area contributed by atoms with Gasteiger partial charge in [-0.3, -0.25) is 38.8 Å². The predicted molar refractivity (Wildman–Crippen MR) is 208 cm³/mol. The Balaban J connectivity index is 0.855. The number of alkyl carbamates (subject to hydrolysis) is 1. The van der Waals surface area contributed by atoms with E-state index in [1.165, 1.54) is 18.2 Å². The molecule has 0 spiro atoms. The Labute approximate surface area is 336 Å². The number of thiophene rings is 1. The highest BCUT2D eigenvalue weighted by Gasteiger charge is 2.46. The van der Waals surface area contributed by atoms with E-state index < -0.39 is 54.5 Å². The first kappa shape index (κ1) is 39.3. The number of nitrogens with zero attached hydrogens (tertiary/aromatic N) is 5. The molecule has 0 saturated carbocycles. The van der Waals surface area contributed by atoms with E-state index in [1.807, 2.05) is 30.5 Å². The molecule has 5 heterocycles. The summed E-state index contributed by atoms with van der Waals surface area (Å²) in [7, 11) is 0. The van der Waals surface area contributed by atoms with Crippen LogP contribution in [0.1, 0.15) is 98.7 Å². The third-order valence-corrected chi connectivity index (χ3v) is 11.4. The molecule has 6 amide bonds. The second-order valence-electron chi connectivity index (χ2n) is 13.8. The summed E-state index contributed by atoms with van der Waals surface area (Å²) in [6.45, 7) is 6.29. The van der Waals surface area contributed by atoms with Crippen molar-refractivity contribution in [2.75, 3.05) is 19.7 Å². The molecule has 16 nitrogen and oxygen atoms in total. The zero-order chi connectivity index (χ0) is 40.4. The number of unbranched alkanes of at least 4 members (excludes halogenated alkanes) is 3. The van der Waals surface area contributed by atoms with Crippen LogP contribution >= 0.6 is 22.9 Å². The smallest absolute Gasteiger partial charge is 0.409 e. The van der Waals surface area contributed by atoms with Gasteiger partial charge in [0, 0.05) is 40.5 Å². The number of carbonyl (C=O) groups is 6. The van der Waals surface area contributed by atoms with Crippen molar-refractivity contribution in [1.82, 2.24) is 35.6 Å². The van der Waals surface area contributed by atoms with Crippen molar-refractivity contribution in [3.8, 4) is 10.8 Å². The number of aliphatic imine (C=N–C) groups is 1. The fourth-order valence-corrected chi connectivity index (χ4v) is 8.28. The first-order valence-corrected chi connectivity index (χ1v) is 19.7. The topological polar surface area (TPSA) is 203 Å². The van der Waals surface area contributed by atoms with Gasteiger partial charge >= 0.3 is 6.09 Å². The van der Waals surface area contributed by atoms with Gasteiger partial charge in [0.25, 0.3) is 23.9 Å². The van der Waals surface area contributed by atoms with E-state index in [2.05, 4.69) is 33.1 Å². The highest BCUT2D eigenvalue weighted by atomic mass is 35.5. The minimum Gasteiger partial charge on any atom is -0.483 e. The lowest BCUT2D eigenvalue weighted by Crippen LogP contribution is -2.54. The quantitative estimate of drug-likeness (QED) is 0.126. The second-order valence-corrected chi connectivity index (χ2v) is 15.4. The maximum absolute atomic E-state index is 13.2. The normalized spacial score (nSPS) is 17.3. The summed E-state index contributed by atoms with van der Waals surface area (Å²) >= 11 is 7.79. The molecule has 0 bridgehead atoms. The Morgan fingerprint density at radius 1 is 0.930 bits per heavy atom. The fourth-order valence-electron chi connectivity index (χ4n) is 6.94. The molecule has 57 heavy (non-hydrogen) atoms. The van der Waals surface area contributed by atoms with E-state index in [9.17, 15) is 28.8 Å². The molecular formula is C39H39ClN8O8S. The van der Waals surface area contributed by atoms with Gasteiger partial charge in [-0.1, -0.05) is 42.6 Å². The first-order chi connectivity index (χ1) is 27.4. The molecule has 2 unspecified atom stereocenters. The third kappa shape index (κ3) is 8.02. The molecule has 3 aliphatic heterocycles. The fraction of sp³-hybridized carbons (Fsp3) is 0.359. The number of amides is 6. The molecule has 1 fully saturated rings. The number of fused-ring (bicyclic) bond motifs is 4. The highest BCUT2D eigenvalue weighted by Crippen LogP contribution is 2.39. The van der Waals surface area contributed by atoms with Gasteiger partial charge in [-0.05, 0) is 69.9 Å². The largest absolute Gasteiger partial charge is 0.483 e. The summed E-state index contributed by atoms with van der Waals surface area (Å²) in [4.78, 5) is 82.7. The van der Waals surface area contributed by atoms with Gasteiger partial charge in [-0.15, -0.1) is 21.5 Å². The molecule has 0 aliphatic carbocycles. The molecule has 0 radical (unpaired) electrons. The minimum absolute atomic E-state index is 0.00582. The van der Waals surface area contributed by atoms with Crippen LogP contribution in [0.3, 0.4) is 0 Å². The molecule has 1 saturated heterocycles. The lowest BCUT2D eigenvalue weighted by atomic mass is 10.00. The van der Waals surface area contributed by atoms with Crippen molar-refractivity contribution in [2.45, 2.75) is 71.6 Å². The van der Waals surface area contributed by atoms with E-state index in [0.717, 1.165) is 44.3 Å². The van der Waals surface area contributed by atoms with Crippen LogP contribution in [-0.4, -0.2) is 86.7 Å². The molecule has 3 N–H and O–H groups in total. The van der Waals surface area contributed by atoms with Gasteiger partial charge in [0.15, 0.2) is 6.61 Å². The van der Waals surface area contributed by atoms with Crippen LogP contribution in [0, 0.1) is 20.8 Å². The second kappa shape index (κ2) is 16.7. The van der Waals surface area contributed by atoms with Gasteiger partial charge in [-0.2, -0.15) is 0 Å². The Bertz CT molecular complexity index is 2320. The van der Waals surface area contributed by atoms with E-state index in [0.29, 0.717) is 48.3 Å². The number of benzene rings is 2. The molecule has 296 valence electrons. The number of imide groups is 2. The number of aromatic nitrogens is 3. The number of piperidine rings is 1. The standard InChI is InChI=1S/C39H39ClN8O8S/c1-20-21(2)57-38-30(20)32(23-11-13-24(40)14-12-23)44-35(33-46-45-22(3)47(33)38)56-39(54)42-18-7-5-4-6-17-41-29(50)19-55-27-10-8-9-25-31(27)37(53)48(36(25)52)26-15-16-28(49)43-34(26)51/h8-14,26,35H,4-7,15-19H2,1-3H3,(H,41,50)(H,42,54)(H,43,49,51). The van der Waals surface area contributed by atoms with Crippen LogP contribution in [-0.2, 0) is 19.1 Å². The molecule has 7 rings (SSSR count). The van der Waals surface area contributed by atoms with Crippen molar-refractivity contribution in [3.05, 3.63) is 91.8 Å². The Morgan fingerprint density at radius 2 is 1.67 bits per heavy atom. The monoisotopic (exact) mass is 814 g/mol. The highest BCUT2D eigenvalue weighted by molar-refractivity contribution is 7.15. The molecule has 2 atom stereocenters. The van der Waals surface area contributed by atoms with Crippen LogP contribution < -0.4 is 20.7 Å². The van der Waals surface area contributed by atoms with Crippen molar-refractivity contribution < 1.29 is 38.2 Å². The van der Waals surface area contributed by atoms with E-state index in [-0.39, 0.29) is 29.7 Å². The number of hydrogen-bond donors (Lipinski definition) is 3. The van der Waals surface area contributed by atoms with Crippen LogP contribution in [0.15, 0.2) is 47.5 Å². The number of rotatable bonds is 13. The summed E-state index contributed by atoms with van der Waals surface area (Å²) in [6.07, 6.45) is 1.23. The number of nitrogens with one attached hydrogen (secondary N) is 3. The minimum atomic E-state index is -1.11. The van der Waals surface area contributed by atoms with E-state index in [4.69, 9.17) is 26.1 Å². The van der Waals surface area contributed by atoms with Crippen LogP contribution in [0.4, 0.5) is 4.79 Å². The van der Waals surface area contributed by atoms with E-state index in [1.54, 1.807) is 23.5 Å². The Morgan fingerprint density at radius 3 is 2.40 bits per heavy atom. The zero-order valence-corrected chi connectivity index (χ0v) is 32.9. The van der Waals surface area contributed by atoms with Gasteiger partial charge in [0.2, 0.25) is 17.6 Å². The summed E-state index contributed by atoms with van der Waals surface area (Å²) in [6, 6.07) is 10.7. The number of ether oxygens (including phenoxy) is 2. The molecule has 4 aromatic rings. The number of carbonyl (C=O) groups excluding carboxylic acids is 6. The molecule has 3 aliphatic rings. The number of aryl methyl sites for hydroxylation is 2. The Kier molecular flexibility index (Phi) is 11.5. The predicted octanol–water partition coefficient (Wildman–Crippen LogP) is 4.64. The molecular weight excluding hydrogens is 776 g/mol. The van der Waals surface area contributed by atoms with E-state index >= 15 is 0 Å². The zero-order valence-electron chi connectivity index (χ0n) is 31.3. The third-order valence-electron chi connectivity index (χ3n) is 9.94. The molecule has 2 aromatic heterocycles. The van der Waals surface area contributed by atoms with Crippen LogP contribution in [0.5, 0.6) is 5.75 Å². The average Bonchev–Trinajstić information content (AvgIpc) is 3.76. The summed E-state index contributed by atoms with van der Waals surface area (Å²) in [5.41, 5.74) is 3.51. The van der Waals surface area contributed by atoms with Crippen molar-refractivity contribution >= 4 is 64.3 Å². The summed E-state index contributed by atoms with van der Waals surface area (Å²) in [5, 5.41) is 17.9. The maximum atomic E-state index is 13.2. The average molecular weight is 815 g/mol. The lowest BCUT2D eigenvalue weighted by Gasteiger charge is -2.27. The van der Waals surface area contributed by atoms with Crippen molar-refractivity contribution in [1.29, 1.82) is 0 Å². The Hall–Kier alpha value is -5.94. The van der Waals surface area contributed by atoms with Crippen molar-refractivity contribution in [2.24, 2.45) is 4.99 Å². The summed E-state index contributed by atoms with van der Waals surface area (Å²) < 4.78 is 13.4. The first-order valence-electron chi connectivity index (χ1n) is 18.5. The summed E-state index contributed by atoms with van der Waals surface area (Å²) in [5.74, 6) is -1.87. The lowest BCUT2D eigenvalue weighted by molar-refractivity contribution is -0.136. The number of hydrogen-bond acceptors (Lipinski definition) is 12. The maximum Gasteiger partial charge on any atom is 0.409 e. The molecule has 2 aromatic carbocycles. The van der Waals surface area contributed by atoms with Gasteiger partial charge in [0.1, 0.15) is 22.6 Å².